The zero-order valence-electron chi connectivity index (χ0n) is 76.1. The van der Waals surface area contributed by atoms with E-state index in [0.717, 1.165) is 112 Å². The maximum absolute atomic E-state index is 2.78. The van der Waals surface area contributed by atoms with Crippen molar-refractivity contribution in [2.24, 2.45) is 0 Å². The molecule has 4 aliphatic carbocycles. The highest BCUT2D eigenvalue weighted by atomic mass is 15.2. The Hall–Kier alpha value is -15.6. The summed E-state index contributed by atoms with van der Waals surface area (Å²) in [6.45, 7) is 21.2. The molecule has 0 bridgehead atoms. The smallest absolute Gasteiger partial charge is 0.252 e. The van der Waals surface area contributed by atoms with Gasteiger partial charge in [0.1, 0.15) is 0 Å². The molecule has 0 saturated heterocycles. The van der Waals surface area contributed by atoms with Crippen LogP contribution in [0.15, 0.2) is 413 Å². The molecule has 0 unspecified atom stereocenters. The van der Waals surface area contributed by atoms with Crippen LogP contribution in [-0.4, -0.2) is 15.8 Å². The predicted molar refractivity (Wildman–Crippen MR) is 560 cm³/mol. The average molecular weight is 1700 g/mol. The van der Waals surface area contributed by atoms with Crippen LogP contribution in [0.4, 0.5) is 34.1 Å². The van der Waals surface area contributed by atoms with Gasteiger partial charge in [-0.2, -0.15) is 0 Å². The van der Waals surface area contributed by atoms with E-state index in [-0.39, 0.29) is 17.5 Å². The summed E-state index contributed by atoms with van der Waals surface area (Å²) in [5, 5.41) is 4.87. The highest BCUT2D eigenvalue weighted by molar-refractivity contribution is 7.00. The van der Waals surface area contributed by atoms with Crippen LogP contribution in [0.2, 0.25) is 0 Å². The topological polar surface area (TPSA) is 16.3 Å². The molecule has 0 amide bonds. The number of hydrogen-bond donors (Lipinski definition) is 0. The molecule has 0 fully saturated rings. The lowest BCUT2D eigenvalue weighted by molar-refractivity contribution is 0.590. The third kappa shape index (κ3) is 10.8. The van der Waals surface area contributed by atoms with E-state index in [9.17, 15) is 0 Å². The molecular weight excluding hydrogens is 1600 g/mol. The fourth-order valence-electron chi connectivity index (χ4n) is 24.8. The van der Waals surface area contributed by atoms with Gasteiger partial charge in [0.15, 0.2) is 0 Å². The fraction of sp³-hybridized carbons (Fsp3) is 0.109. The summed E-state index contributed by atoms with van der Waals surface area (Å²) in [6, 6.07) is 160. The minimum Gasteiger partial charge on any atom is -0.310 e. The molecular formula is C128H95BN4. The van der Waals surface area contributed by atoms with E-state index in [1.807, 2.05) is 0 Å². The first-order valence-corrected chi connectivity index (χ1v) is 47.3. The van der Waals surface area contributed by atoms with Crippen molar-refractivity contribution in [1.82, 2.24) is 9.13 Å². The number of fused-ring (bicyclic) bond motifs is 30. The van der Waals surface area contributed by atoms with E-state index in [0.29, 0.717) is 0 Å². The maximum Gasteiger partial charge on any atom is 0.252 e. The molecule has 0 radical (unpaired) electrons. The minimum absolute atomic E-state index is 0.242. The largest absolute Gasteiger partial charge is 0.310 e. The first kappa shape index (κ1) is 77.4. The summed E-state index contributed by atoms with van der Waals surface area (Å²) in [6.07, 6.45) is 0. The van der Waals surface area contributed by atoms with Crippen molar-refractivity contribution in [3.8, 4) is 100 Å². The normalized spacial score (nSPS) is 14.1. The zero-order valence-corrected chi connectivity index (χ0v) is 76.1. The zero-order chi connectivity index (χ0) is 89.0. The Morgan fingerprint density at radius 1 is 0.203 bits per heavy atom. The van der Waals surface area contributed by atoms with Crippen molar-refractivity contribution < 1.29 is 0 Å². The lowest BCUT2D eigenvalue weighted by Gasteiger charge is -2.47. The van der Waals surface area contributed by atoms with Gasteiger partial charge in [0.25, 0.3) is 6.71 Å². The number of rotatable bonds is 8. The SMILES string of the molecule is CC(C)(C)c1cc(-c2ccccc2)c(N2c3cc(-n4c5ccccc5c5cc6c(cc54)C4(c5ccccc5-c5ccccc54)c4ccccc4-6)ccc3B3c4ccc(-n5c6ccccc6c6cc7c(cc65)C5(c6ccccc6-c6ccccc65)c5ccccc5-7)cc4N(c4c(-c5ccccc5)cc(C(C)(C)C)cc4-c4ccccc4)c4cc(C(C)(C)C)cc2c43)c(-c2ccccc2)c1. The summed E-state index contributed by atoms with van der Waals surface area (Å²) >= 11 is 0. The third-order valence-electron chi connectivity index (χ3n) is 30.7. The van der Waals surface area contributed by atoms with Crippen molar-refractivity contribution in [1.29, 1.82) is 0 Å². The standard InChI is InChI=1S/C128H95BN4/c1-124(2,3)82-66-95(78-38-14-10-15-39-78)122(96(67-82)79-40-16-11-17-41-79)132-117-72-85(130-113-60-36-28-52-93(113)101-74-99-91-50-26-34-58-107(91)127(109(99)76-115(101)130)103-54-30-22-46-87(103)88-47-23-31-55-104(88)127)62-64-111(117)129-112-65-63-86(131-114-61-37-29-53-94(114)102-75-100-92-51-27-35-59-108(92)128(110(100)77-116(102)131)105-56-32-24-48-89(105)90-49-25-33-57-106(90)128)73-118(112)133(120-71-84(126(7,8)9)70-119(132)121(120)129)123-97(80-42-18-12-19-43-80)68-83(125(4,5)6)69-98(123)81-44-20-13-21-45-81/h10-77H,1-9H3. The Morgan fingerprint density at radius 3 is 0.782 bits per heavy atom. The first-order valence-electron chi connectivity index (χ1n) is 47.3. The van der Waals surface area contributed by atoms with E-state index in [1.54, 1.807) is 0 Å². The van der Waals surface area contributed by atoms with Crippen molar-refractivity contribution in [3.63, 3.8) is 0 Å². The Bertz CT molecular complexity index is 7880. The Morgan fingerprint density at radius 2 is 0.474 bits per heavy atom. The van der Waals surface area contributed by atoms with Gasteiger partial charge in [0, 0.05) is 77.9 Å². The van der Waals surface area contributed by atoms with E-state index in [2.05, 4.69) is 494 Å². The Balaban J connectivity index is 0.792. The van der Waals surface area contributed by atoms with Crippen LogP contribution in [0.1, 0.15) is 124 Å². The van der Waals surface area contributed by atoms with E-state index in [1.165, 1.54) is 144 Å². The van der Waals surface area contributed by atoms with Gasteiger partial charge in [0.05, 0.1) is 44.3 Å². The van der Waals surface area contributed by atoms with Crippen LogP contribution < -0.4 is 26.2 Å². The second-order valence-electron chi connectivity index (χ2n) is 40.9. The molecule has 4 nitrogen and oxygen atoms in total. The molecule has 2 aromatic heterocycles. The molecule has 2 spiro atoms. The quantitative estimate of drug-likeness (QED) is 0.141. The number of anilines is 6. The first-order chi connectivity index (χ1) is 64.9. The summed E-state index contributed by atoms with van der Waals surface area (Å²) in [5.74, 6) is 0. The monoisotopic (exact) mass is 1700 g/mol. The van der Waals surface area contributed by atoms with E-state index >= 15 is 0 Å². The van der Waals surface area contributed by atoms with Crippen LogP contribution in [-0.2, 0) is 27.1 Å². The number of hydrogen-bond acceptors (Lipinski definition) is 2. The molecule has 0 N–H and O–H groups in total. The molecule has 5 heteroatoms. The van der Waals surface area contributed by atoms with Gasteiger partial charge in [-0.15, -0.1) is 0 Å². The number of benzene rings is 19. The second-order valence-corrected chi connectivity index (χ2v) is 40.9. The molecule has 27 rings (SSSR count). The van der Waals surface area contributed by atoms with Crippen LogP contribution in [0.5, 0.6) is 0 Å². The number of para-hydroxylation sites is 2. The molecule has 6 aliphatic rings. The lowest BCUT2D eigenvalue weighted by atomic mass is 9.33. The summed E-state index contributed by atoms with van der Waals surface area (Å²) in [7, 11) is 0. The van der Waals surface area contributed by atoms with Crippen molar-refractivity contribution >= 4 is 101 Å². The minimum atomic E-state index is -0.568. The van der Waals surface area contributed by atoms with Crippen molar-refractivity contribution in [3.05, 3.63) is 474 Å². The van der Waals surface area contributed by atoms with E-state index < -0.39 is 16.2 Å². The van der Waals surface area contributed by atoms with E-state index in [4.69, 9.17) is 0 Å². The fourth-order valence-corrected chi connectivity index (χ4v) is 24.8. The summed E-state index contributed by atoms with van der Waals surface area (Å²) < 4.78 is 5.26. The number of nitrogens with zero attached hydrogens (tertiary/aromatic N) is 4. The molecule has 630 valence electrons. The molecule has 2 aliphatic heterocycles. The van der Waals surface area contributed by atoms with Crippen LogP contribution in [0, 0.1) is 0 Å². The highest BCUT2D eigenvalue weighted by Gasteiger charge is 2.55. The molecule has 0 atom stereocenters. The summed E-state index contributed by atoms with van der Waals surface area (Å²) in [4.78, 5) is 5.56. The van der Waals surface area contributed by atoms with Crippen LogP contribution >= 0.6 is 0 Å². The van der Waals surface area contributed by atoms with Gasteiger partial charge in [0.2, 0.25) is 0 Å². The second kappa shape index (κ2) is 28.0. The predicted octanol–water partition coefficient (Wildman–Crippen LogP) is 31.2. The Kier molecular flexibility index (Phi) is 16.3. The van der Waals surface area contributed by atoms with Gasteiger partial charge in [-0.3, -0.25) is 0 Å². The highest BCUT2D eigenvalue weighted by Crippen LogP contribution is 2.67. The van der Waals surface area contributed by atoms with Gasteiger partial charge < -0.3 is 18.9 Å². The molecule has 133 heavy (non-hydrogen) atoms. The van der Waals surface area contributed by atoms with Gasteiger partial charge in [-0.1, -0.05) is 378 Å². The van der Waals surface area contributed by atoms with Crippen LogP contribution in [0.25, 0.3) is 144 Å². The summed E-state index contributed by atoms with van der Waals surface area (Å²) in [5.41, 5.74) is 49.1. The maximum atomic E-state index is 2.78. The van der Waals surface area contributed by atoms with Gasteiger partial charge >= 0.3 is 0 Å². The molecule has 21 aromatic rings. The third-order valence-corrected chi connectivity index (χ3v) is 30.7. The molecule has 0 saturated carbocycles. The Labute approximate surface area is 777 Å². The average Bonchev–Trinajstić information content (AvgIpc) is 1.55. The van der Waals surface area contributed by atoms with Gasteiger partial charge in [-0.25, -0.2) is 0 Å². The molecule has 4 heterocycles. The van der Waals surface area contributed by atoms with Crippen molar-refractivity contribution in [2.75, 3.05) is 9.80 Å². The number of aromatic nitrogens is 2. The van der Waals surface area contributed by atoms with Crippen molar-refractivity contribution in [2.45, 2.75) is 89.4 Å². The lowest BCUT2D eigenvalue weighted by Crippen LogP contribution is -2.61. The van der Waals surface area contributed by atoms with Gasteiger partial charge in [-0.05, 0) is 258 Å². The van der Waals surface area contributed by atoms with Crippen LogP contribution in [0.3, 0.4) is 0 Å². The molecule has 19 aromatic carbocycles.